The third-order valence-corrected chi connectivity index (χ3v) is 7.24. The number of rotatable bonds is 6. The highest BCUT2D eigenvalue weighted by Crippen LogP contribution is 2.48. The van der Waals surface area contributed by atoms with E-state index in [1.54, 1.807) is 20.8 Å². The molecule has 1 heterocycles. The van der Waals surface area contributed by atoms with Gasteiger partial charge in [0.15, 0.2) is 5.54 Å². The maximum absolute atomic E-state index is 14.0. The number of benzene rings is 4. The number of nitrogens with one attached hydrogen (secondary N) is 1. The quantitative estimate of drug-likeness (QED) is 0.282. The lowest BCUT2D eigenvalue weighted by molar-refractivity contribution is -0.116. The molecular formula is C32H30N2O4S. The summed E-state index contributed by atoms with van der Waals surface area (Å²) in [7, 11) is 0. The van der Waals surface area contributed by atoms with Crippen LogP contribution in [0.5, 0.6) is 0 Å². The third kappa shape index (κ3) is 5.83. The van der Waals surface area contributed by atoms with Crippen LogP contribution in [0, 0.1) is 0 Å². The summed E-state index contributed by atoms with van der Waals surface area (Å²) in [4.78, 5) is 32.2. The van der Waals surface area contributed by atoms with E-state index in [0.29, 0.717) is 5.56 Å². The maximum Gasteiger partial charge on any atom is 0.408 e. The minimum atomic E-state index is -1.47. The summed E-state index contributed by atoms with van der Waals surface area (Å²) in [6, 6.07) is 32.0. The zero-order chi connectivity index (χ0) is 27.5. The predicted octanol–water partition coefficient (Wildman–Crippen LogP) is 7.15. The van der Waals surface area contributed by atoms with Crippen molar-refractivity contribution in [3.05, 3.63) is 120 Å². The summed E-state index contributed by atoms with van der Waals surface area (Å²) >= 11 is 0.950. The van der Waals surface area contributed by atoms with E-state index in [2.05, 4.69) is 5.32 Å². The van der Waals surface area contributed by atoms with E-state index in [4.69, 9.17) is 14.5 Å². The number of hydrogen-bond donors (Lipinski definition) is 1. The molecule has 7 heteroatoms. The Morgan fingerprint density at radius 3 is 2.23 bits per heavy atom. The Balaban J connectivity index is 1.62. The van der Waals surface area contributed by atoms with Crippen molar-refractivity contribution in [2.24, 2.45) is 4.99 Å². The summed E-state index contributed by atoms with van der Waals surface area (Å²) < 4.78 is 11.7. The summed E-state index contributed by atoms with van der Waals surface area (Å²) in [5.41, 5.74) is 0.139. The first-order valence-electron chi connectivity index (χ1n) is 12.8. The maximum atomic E-state index is 14.0. The third-order valence-electron chi connectivity index (χ3n) is 6.36. The molecule has 198 valence electrons. The fraction of sp³-hybridized carbons (Fsp3) is 0.219. The van der Waals surface area contributed by atoms with E-state index in [-0.39, 0.29) is 17.0 Å². The summed E-state index contributed by atoms with van der Waals surface area (Å²) in [5, 5.41) is 5.05. The molecule has 1 aliphatic rings. The Morgan fingerprint density at radius 1 is 0.897 bits per heavy atom. The van der Waals surface area contributed by atoms with Crippen LogP contribution in [-0.2, 0) is 26.4 Å². The van der Waals surface area contributed by atoms with Crippen LogP contribution in [0.1, 0.15) is 43.5 Å². The van der Waals surface area contributed by atoms with Gasteiger partial charge in [-0.2, -0.15) is 0 Å². The molecule has 0 aliphatic carbocycles. The lowest BCUT2D eigenvalue weighted by Gasteiger charge is -2.34. The van der Waals surface area contributed by atoms with E-state index in [9.17, 15) is 9.59 Å². The van der Waals surface area contributed by atoms with Gasteiger partial charge < -0.3 is 14.8 Å². The van der Waals surface area contributed by atoms with Crippen LogP contribution < -0.4 is 5.32 Å². The van der Waals surface area contributed by atoms with Gasteiger partial charge in [-0.15, -0.1) is 0 Å². The molecule has 6 nitrogen and oxygen atoms in total. The minimum absolute atomic E-state index is 0.244. The second-order valence-corrected chi connectivity index (χ2v) is 11.3. The van der Waals surface area contributed by atoms with E-state index in [1.165, 1.54) is 0 Å². The zero-order valence-electron chi connectivity index (χ0n) is 22.1. The monoisotopic (exact) mass is 538 g/mol. The summed E-state index contributed by atoms with van der Waals surface area (Å²) in [6.45, 7) is 5.67. The van der Waals surface area contributed by atoms with Crippen LogP contribution in [-0.4, -0.2) is 22.0 Å². The van der Waals surface area contributed by atoms with Gasteiger partial charge >= 0.3 is 6.09 Å². The molecule has 0 radical (unpaired) electrons. The number of carbonyl (C=O) groups is 2. The first-order chi connectivity index (χ1) is 18.7. The second-order valence-electron chi connectivity index (χ2n) is 10.4. The van der Waals surface area contributed by atoms with Crippen LogP contribution in [0.2, 0.25) is 0 Å². The van der Waals surface area contributed by atoms with Crippen molar-refractivity contribution < 1.29 is 19.1 Å². The molecule has 1 amide bonds. The molecule has 1 N–H and O–H groups in total. The number of fused-ring (bicyclic) bond motifs is 1. The van der Waals surface area contributed by atoms with Crippen LogP contribution >= 0.6 is 11.8 Å². The zero-order valence-corrected chi connectivity index (χ0v) is 22.9. The van der Waals surface area contributed by atoms with Gasteiger partial charge in [0.2, 0.25) is 5.12 Å². The highest BCUT2D eigenvalue weighted by Gasteiger charge is 2.54. The highest BCUT2D eigenvalue weighted by molar-refractivity contribution is 8.26. The Bertz CT molecular complexity index is 1520. The minimum Gasteiger partial charge on any atom is -0.468 e. The van der Waals surface area contributed by atoms with Crippen molar-refractivity contribution in [2.45, 2.75) is 44.6 Å². The summed E-state index contributed by atoms with van der Waals surface area (Å²) in [5.74, 6) is 0. The SMILES string of the molecule is CC(C)(C)OC(=O)N[C@@H](c1ccc2ccccc2c1)[C@]1(c2ccccc2)N=C(OCc2ccccc2)SC1=O. The standard InChI is InChI=1S/C32H30N2O4S/c1-31(2,3)38-29(36)33-27(25-19-18-23-14-10-11-15-24(23)20-25)32(26-16-8-5-9-17-26)28(35)39-30(34-32)37-21-22-12-6-4-7-13-22/h4-20,27H,21H2,1-3H3,(H,33,36)/t27-,32-/m0/s1. The Hall–Kier alpha value is -4.10. The van der Waals surface area contributed by atoms with E-state index in [1.807, 2.05) is 103 Å². The van der Waals surface area contributed by atoms with Crippen LogP contribution in [0.3, 0.4) is 0 Å². The highest BCUT2D eigenvalue weighted by atomic mass is 32.2. The molecule has 0 aromatic heterocycles. The molecule has 1 aliphatic heterocycles. The molecular weight excluding hydrogens is 508 g/mol. The van der Waals surface area contributed by atoms with Gasteiger partial charge in [0, 0.05) is 11.8 Å². The molecule has 2 atom stereocenters. The Labute approximate surface area is 232 Å². The topological polar surface area (TPSA) is 77.0 Å². The van der Waals surface area contributed by atoms with Gasteiger partial charge in [-0.25, -0.2) is 9.79 Å². The first-order valence-corrected chi connectivity index (χ1v) is 13.6. The molecule has 5 rings (SSSR count). The molecule has 0 fully saturated rings. The Kier molecular flexibility index (Phi) is 7.44. The number of aliphatic imine (C=N–C) groups is 1. The number of ether oxygens (including phenoxy) is 2. The molecule has 0 saturated carbocycles. The average molecular weight is 539 g/mol. The van der Waals surface area contributed by atoms with Gasteiger partial charge in [-0.3, -0.25) is 4.79 Å². The molecule has 4 aromatic carbocycles. The van der Waals surface area contributed by atoms with Crippen molar-refractivity contribution in [2.75, 3.05) is 0 Å². The van der Waals surface area contributed by atoms with Gasteiger partial charge in [-0.1, -0.05) is 97.1 Å². The number of amides is 1. The van der Waals surface area contributed by atoms with E-state index >= 15 is 0 Å². The van der Waals surface area contributed by atoms with Gasteiger partial charge in [0.1, 0.15) is 12.2 Å². The smallest absolute Gasteiger partial charge is 0.408 e. The fourth-order valence-electron chi connectivity index (χ4n) is 4.62. The molecule has 0 spiro atoms. The van der Waals surface area contributed by atoms with Gasteiger partial charge in [0.05, 0.1) is 6.04 Å². The number of nitrogens with zero attached hydrogens (tertiary/aromatic N) is 1. The average Bonchev–Trinajstić information content (AvgIpc) is 3.27. The molecule has 0 unspecified atom stereocenters. The second kappa shape index (κ2) is 10.9. The van der Waals surface area contributed by atoms with E-state index < -0.39 is 23.3 Å². The van der Waals surface area contributed by atoms with Gasteiger partial charge in [0.25, 0.3) is 5.23 Å². The number of thioether (sulfide) groups is 1. The first kappa shape index (κ1) is 26.5. The summed E-state index contributed by atoms with van der Waals surface area (Å²) in [6.07, 6.45) is -0.636. The van der Waals surface area contributed by atoms with Crippen molar-refractivity contribution in [1.82, 2.24) is 5.32 Å². The van der Waals surface area contributed by atoms with Crippen LogP contribution in [0.25, 0.3) is 10.8 Å². The normalized spacial score (nSPS) is 17.9. The van der Waals surface area contributed by atoms with Crippen LogP contribution in [0.4, 0.5) is 4.79 Å². The molecule has 39 heavy (non-hydrogen) atoms. The van der Waals surface area contributed by atoms with Crippen molar-refractivity contribution >= 4 is 39.0 Å². The lowest BCUT2D eigenvalue weighted by atomic mass is 9.80. The van der Waals surface area contributed by atoms with E-state index in [0.717, 1.165) is 33.7 Å². The largest absolute Gasteiger partial charge is 0.468 e. The number of carbonyl (C=O) groups excluding carboxylic acids is 2. The molecule has 0 saturated heterocycles. The van der Waals surface area contributed by atoms with Crippen molar-refractivity contribution in [1.29, 1.82) is 0 Å². The number of alkyl carbamates (subject to hydrolysis) is 1. The Morgan fingerprint density at radius 2 is 1.54 bits per heavy atom. The predicted molar refractivity (Wildman–Crippen MR) is 155 cm³/mol. The van der Waals surface area contributed by atoms with Crippen LogP contribution in [0.15, 0.2) is 108 Å². The lowest BCUT2D eigenvalue weighted by Crippen LogP contribution is -2.47. The van der Waals surface area contributed by atoms with Crippen molar-refractivity contribution in [3.8, 4) is 0 Å². The van der Waals surface area contributed by atoms with Crippen molar-refractivity contribution in [3.63, 3.8) is 0 Å². The fourth-order valence-corrected chi connectivity index (χ4v) is 5.52. The molecule has 0 bridgehead atoms. The number of hydrogen-bond acceptors (Lipinski definition) is 6. The molecule has 4 aromatic rings. The van der Waals surface area contributed by atoms with Gasteiger partial charge in [-0.05, 0) is 54.3 Å².